The quantitative estimate of drug-likeness (QED) is 0.658. The van der Waals surface area contributed by atoms with Crippen LogP contribution in [0, 0.1) is 0 Å². The molecule has 0 aromatic heterocycles. The number of methoxy groups -OCH3 is 2. The number of ketones is 1. The Bertz CT molecular complexity index is 682. The molecule has 0 radical (unpaired) electrons. The molecular weight excluding hydrogens is 282 g/mol. The Kier molecular flexibility index (Phi) is 5.14. The van der Waals surface area contributed by atoms with Crippen LogP contribution in [0.2, 0.25) is 0 Å². The number of amides is 1. The third-order valence-corrected chi connectivity index (χ3v) is 3.11. The standard InChI is InChI=1S/C17H17NO4/c1-21-15-9-5-3-7-12(15)14(19)11-17(20)18-13-8-4-6-10-16(13)22-2/h3-10H,11H2,1-2H3,(H,18,20). The largest absolute Gasteiger partial charge is 0.496 e. The predicted octanol–water partition coefficient (Wildman–Crippen LogP) is 2.92. The van der Waals surface area contributed by atoms with Gasteiger partial charge in [0.05, 0.1) is 31.9 Å². The normalized spacial score (nSPS) is 9.91. The molecule has 0 unspecified atom stereocenters. The molecule has 0 saturated heterocycles. The molecule has 0 heterocycles. The molecule has 0 bridgehead atoms. The van der Waals surface area contributed by atoms with Crippen molar-refractivity contribution in [3.63, 3.8) is 0 Å². The fourth-order valence-corrected chi connectivity index (χ4v) is 2.06. The van der Waals surface area contributed by atoms with Crippen LogP contribution in [0.4, 0.5) is 5.69 Å². The molecule has 0 aliphatic heterocycles. The number of carbonyl (C=O) groups is 2. The average Bonchev–Trinajstić information content (AvgIpc) is 2.55. The van der Waals surface area contributed by atoms with Crippen molar-refractivity contribution in [2.45, 2.75) is 6.42 Å². The third-order valence-electron chi connectivity index (χ3n) is 3.11. The van der Waals surface area contributed by atoms with E-state index >= 15 is 0 Å². The van der Waals surface area contributed by atoms with E-state index in [9.17, 15) is 9.59 Å². The summed E-state index contributed by atoms with van der Waals surface area (Å²) in [6.45, 7) is 0. The molecule has 0 aliphatic rings. The Morgan fingerprint density at radius 1 is 0.909 bits per heavy atom. The first kappa shape index (κ1) is 15.6. The Morgan fingerprint density at radius 2 is 1.50 bits per heavy atom. The molecule has 2 aromatic rings. The number of para-hydroxylation sites is 3. The van der Waals surface area contributed by atoms with Gasteiger partial charge in [-0.15, -0.1) is 0 Å². The van der Waals surface area contributed by atoms with E-state index in [1.54, 1.807) is 48.5 Å². The van der Waals surface area contributed by atoms with Crippen LogP contribution in [-0.2, 0) is 4.79 Å². The number of carbonyl (C=O) groups excluding carboxylic acids is 2. The highest BCUT2D eigenvalue weighted by Gasteiger charge is 2.16. The van der Waals surface area contributed by atoms with Gasteiger partial charge >= 0.3 is 0 Å². The van der Waals surface area contributed by atoms with Crippen LogP contribution < -0.4 is 14.8 Å². The fourth-order valence-electron chi connectivity index (χ4n) is 2.06. The lowest BCUT2D eigenvalue weighted by Crippen LogP contribution is -2.17. The second-order valence-corrected chi connectivity index (χ2v) is 4.55. The van der Waals surface area contributed by atoms with Gasteiger partial charge in [-0.3, -0.25) is 9.59 Å². The average molecular weight is 299 g/mol. The van der Waals surface area contributed by atoms with Crippen molar-refractivity contribution in [2.75, 3.05) is 19.5 Å². The van der Waals surface area contributed by atoms with Gasteiger partial charge in [0, 0.05) is 0 Å². The molecule has 0 fully saturated rings. The zero-order chi connectivity index (χ0) is 15.9. The second kappa shape index (κ2) is 7.26. The van der Waals surface area contributed by atoms with Crippen molar-refractivity contribution in [2.24, 2.45) is 0 Å². The minimum atomic E-state index is -0.402. The van der Waals surface area contributed by atoms with Crippen LogP contribution in [0.15, 0.2) is 48.5 Å². The molecule has 5 heteroatoms. The monoisotopic (exact) mass is 299 g/mol. The highest BCUT2D eigenvalue weighted by atomic mass is 16.5. The smallest absolute Gasteiger partial charge is 0.232 e. The van der Waals surface area contributed by atoms with Gasteiger partial charge < -0.3 is 14.8 Å². The van der Waals surface area contributed by atoms with E-state index in [1.165, 1.54) is 14.2 Å². The summed E-state index contributed by atoms with van der Waals surface area (Å²) in [4.78, 5) is 24.2. The third kappa shape index (κ3) is 3.63. The summed E-state index contributed by atoms with van der Waals surface area (Å²) in [5.41, 5.74) is 0.919. The van der Waals surface area contributed by atoms with Gasteiger partial charge in [0.1, 0.15) is 11.5 Å². The van der Waals surface area contributed by atoms with Gasteiger partial charge in [-0.2, -0.15) is 0 Å². The maximum Gasteiger partial charge on any atom is 0.232 e. The van der Waals surface area contributed by atoms with Crippen LogP contribution in [0.25, 0.3) is 0 Å². The van der Waals surface area contributed by atoms with Gasteiger partial charge in [0.15, 0.2) is 5.78 Å². The number of ether oxygens (including phenoxy) is 2. The number of hydrogen-bond acceptors (Lipinski definition) is 4. The zero-order valence-electron chi connectivity index (χ0n) is 12.5. The lowest BCUT2D eigenvalue weighted by Gasteiger charge is -2.10. The van der Waals surface area contributed by atoms with Gasteiger partial charge in [-0.25, -0.2) is 0 Å². The van der Waals surface area contributed by atoms with E-state index in [1.807, 2.05) is 0 Å². The van der Waals surface area contributed by atoms with Crippen molar-refractivity contribution in [1.82, 2.24) is 0 Å². The minimum Gasteiger partial charge on any atom is -0.496 e. The molecule has 22 heavy (non-hydrogen) atoms. The van der Waals surface area contributed by atoms with Crippen LogP contribution in [0.1, 0.15) is 16.8 Å². The SMILES string of the molecule is COc1ccccc1NC(=O)CC(=O)c1ccccc1OC. The first-order valence-electron chi connectivity index (χ1n) is 6.74. The maximum atomic E-state index is 12.2. The number of nitrogens with one attached hydrogen (secondary N) is 1. The lowest BCUT2D eigenvalue weighted by atomic mass is 10.1. The van der Waals surface area contributed by atoms with Crippen LogP contribution in [0.3, 0.4) is 0 Å². The van der Waals surface area contributed by atoms with E-state index in [2.05, 4.69) is 5.32 Å². The lowest BCUT2D eigenvalue weighted by molar-refractivity contribution is -0.115. The molecule has 0 saturated carbocycles. The van der Waals surface area contributed by atoms with E-state index in [4.69, 9.17) is 9.47 Å². The van der Waals surface area contributed by atoms with Crippen LogP contribution in [-0.4, -0.2) is 25.9 Å². The summed E-state index contributed by atoms with van der Waals surface area (Å²) < 4.78 is 10.3. The highest BCUT2D eigenvalue weighted by molar-refractivity contribution is 6.12. The van der Waals surface area contributed by atoms with Crippen molar-refractivity contribution in [3.8, 4) is 11.5 Å². The van der Waals surface area contributed by atoms with E-state index in [-0.39, 0.29) is 12.2 Å². The first-order chi connectivity index (χ1) is 10.7. The van der Waals surface area contributed by atoms with Gasteiger partial charge in [0.2, 0.25) is 5.91 Å². The second-order valence-electron chi connectivity index (χ2n) is 4.55. The Hall–Kier alpha value is -2.82. The molecule has 0 spiro atoms. The molecule has 5 nitrogen and oxygen atoms in total. The van der Waals surface area contributed by atoms with Crippen molar-refractivity contribution < 1.29 is 19.1 Å². The summed E-state index contributed by atoms with van der Waals surface area (Å²) >= 11 is 0. The number of hydrogen-bond donors (Lipinski definition) is 1. The predicted molar refractivity (Wildman–Crippen MR) is 83.6 cm³/mol. The minimum absolute atomic E-state index is 0.265. The summed E-state index contributed by atoms with van der Waals surface area (Å²) in [5.74, 6) is 0.295. The van der Waals surface area contributed by atoms with E-state index < -0.39 is 5.91 Å². The molecule has 0 atom stereocenters. The Morgan fingerprint density at radius 3 is 2.18 bits per heavy atom. The number of benzene rings is 2. The summed E-state index contributed by atoms with van der Waals surface area (Å²) in [6, 6.07) is 13.8. The summed E-state index contributed by atoms with van der Waals surface area (Å²) in [7, 11) is 3.01. The summed E-state index contributed by atoms with van der Waals surface area (Å²) in [6.07, 6.45) is -0.265. The van der Waals surface area contributed by atoms with Crippen molar-refractivity contribution in [3.05, 3.63) is 54.1 Å². The van der Waals surface area contributed by atoms with Gasteiger partial charge in [-0.1, -0.05) is 24.3 Å². The molecule has 1 amide bonds. The first-order valence-corrected chi connectivity index (χ1v) is 6.74. The fraction of sp³-hybridized carbons (Fsp3) is 0.176. The zero-order valence-corrected chi connectivity index (χ0v) is 12.5. The van der Waals surface area contributed by atoms with Crippen LogP contribution >= 0.6 is 0 Å². The van der Waals surface area contributed by atoms with Crippen LogP contribution in [0.5, 0.6) is 11.5 Å². The molecule has 2 aromatic carbocycles. The molecular formula is C17H17NO4. The Labute approximate surface area is 128 Å². The van der Waals surface area contributed by atoms with Crippen molar-refractivity contribution in [1.29, 1.82) is 0 Å². The summed E-state index contributed by atoms with van der Waals surface area (Å²) in [5, 5.41) is 2.67. The molecule has 0 aliphatic carbocycles. The molecule has 114 valence electrons. The number of Topliss-reactive ketones (excluding diaryl/α,β-unsaturated/α-hetero) is 1. The number of anilines is 1. The molecule has 1 N–H and O–H groups in total. The van der Waals surface area contributed by atoms with Gasteiger partial charge in [-0.05, 0) is 24.3 Å². The maximum absolute atomic E-state index is 12.2. The van der Waals surface area contributed by atoms with Crippen molar-refractivity contribution >= 4 is 17.4 Å². The van der Waals surface area contributed by atoms with E-state index in [0.717, 1.165) is 0 Å². The van der Waals surface area contributed by atoms with Gasteiger partial charge in [0.25, 0.3) is 0 Å². The topological polar surface area (TPSA) is 64.6 Å². The molecule has 2 rings (SSSR count). The Balaban J connectivity index is 2.07. The number of rotatable bonds is 6. The highest BCUT2D eigenvalue weighted by Crippen LogP contribution is 2.24. The van der Waals surface area contributed by atoms with E-state index in [0.29, 0.717) is 22.7 Å².